The molecule has 0 saturated carbocycles. The highest BCUT2D eigenvalue weighted by Crippen LogP contribution is 2.13. The summed E-state index contributed by atoms with van der Waals surface area (Å²) in [5.74, 6) is 0.193. The maximum atomic E-state index is 11.9. The molecule has 0 unspecified atom stereocenters. The first-order valence-corrected chi connectivity index (χ1v) is 8.60. The minimum absolute atomic E-state index is 0.0576. The first kappa shape index (κ1) is 17.0. The molecule has 0 bridgehead atoms. The van der Waals surface area contributed by atoms with E-state index < -0.39 is 16.0 Å². The third-order valence-electron chi connectivity index (χ3n) is 2.49. The number of carbonyl (C=O) groups is 1. The lowest BCUT2D eigenvalue weighted by Gasteiger charge is -2.04. The van der Waals surface area contributed by atoms with Crippen molar-refractivity contribution in [1.29, 1.82) is 0 Å². The number of aryl methyl sites for hydroxylation is 1. The number of nitrogens with one attached hydrogen (secondary N) is 1. The van der Waals surface area contributed by atoms with Crippen LogP contribution in [0.3, 0.4) is 0 Å². The fourth-order valence-electron chi connectivity index (χ4n) is 1.49. The summed E-state index contributed by atoms with van der Waals surface area (Å²) in [6.07, 6.45) is 1.95. The second kappa shape index (κ2) is 7.67. The molecule has 0 aromatic carbocycles. The van der Waals surface area contributed by atoms with Crippen molar-refractivity contribution < 1.29 is 23.4 Å². The average molecular weight is 322 g/mol. The highest BCUT2D eigenvalue weighted by atomic mass is 32.2. The molecule has 0 aliphatic carbocycles. The van der Waals surface area contributed by atoms with Crippen molar-refractivity contribution in [1.82, 2.24) is 9.29 Å². The van der Waals surface area contributed by atoms with Crippen molar-refractivity contribution in [3.05, 3.63) is 18.0 Å². The van der Waals surface area contributed by atoms with Crippen molar-refractivity contribution in [2.24, 2.45) is 7.05 Å². The Labute approximate surface area is 122 Å². The summed E-state index contributed by atoms with van der Waals surface area (Å²) in [5, 5.41) is 17.5. The van der Waals surface area contributed by atoms with Gasteiger partial charge in [0.2, 0.25) is 10.0 Å². The van der Waals surface area contributed by atoms with E-state index in [-0.39, 0.29) is 23.7 Å². The van der Waals surface area contributed by atoms with E-state index in [2.05, 4.69) is 4.72 Å². The molecule has 0 saturated heterocycles. The van der Waals surface area contributed by atoms with Crippen LogP contribution in [-0.4, -0.2) is 53.8 Å². The number of hydrogen-bond acceptors (Lipinski definition) is 5. The van der Waals surface area contributed by atoms with Gasteiger partial charge in [0, 0.05) is 32.1 Å². The molecule has 1 rings (SSSR count). The largest absolute Gasteiger partial charge is 0.477 e. The van der Waals surface area contributed by atoms with E-state index in [4.69, 9.17) is 10.2 Å². The van der Waals surface area contributed by atoms with Gasteiger partial charge in [0.25, 0.3) is 0 Å². The quantitative estimate of drug-likeness (QED) is 0.557. The maximum absolute atomic E-state index is 11.9. The van der Waals surface area contributed by atoms with Crippen molar-refractivity contribution in [2.45, 2.75) is 11.3 Å². The number of carboxylic acids is 1. The van der Waals surface area contributed by atoms with Crippen molar-refractivity contribution in [2.75, 3.05) is 24.7 Å². The fourth-order valence-corrected chi connectivity index (χ4v) is 3.51. The third-order valence-corrected chi connectivity index (χ3v) is 4.99. The molecule has 1 aromatic heterocycles. The minimum atomic E-state index is -3.69. The second-order valence-electron chi connectivity index (χ2n) is 4.06. The van der Waals surface area contributed by atoms with E-state index >= 15 is 0 Å². The van der Waals surface area contributed by atoms with Crippen LogP contribution in [0, 0.1) is 0 Å². The Morgan fingerprint density at radius 2 is 2.15 bits per heavy atom. The molecule has 0 aliphatic heterocycles. The summed E-state index contributed by atoms with van der Waals surface area (Å²) in [4.78, 5) is 10.8. The van der Waals surface area contributed by atoms with Crippen LogP contribution >= 0.6 is 11.8 Å². The van der Waals surface area contributed by atoms with E-state index in [0.29, 0.717) is 12.2 Å². The molecule has 0 spiro atoms. The summed E-state index contributed by atoms with van der Waals surface area (Å²) < 4.78 is 27.6. The lowest BCUT2D eigenvalue weighted by molar-refractivity contribution is 0.0686. The number of nitrogens with zero attached hydrogens (tertiary/aromatic N) is 1. The van der Waals surface area contributed by atoms with Gasteiger partial charge in [-0.25, -0.2) is 17.9 Å². The van der Waals surface area contributed by atoms with Gasteiger partial charge in [0.1, 0.15) is 10.6 Å². The van der Waals surface area contributed by atoms with Crippen LogP contribution in [-0.2, 0) is 17.1 Å². The average Bonchev–Trinajstić information content (AvgIpc) is 2.76. The SMILES string of the molecule is Cn1cc(S(=O)(=O)NCCSCCCO)cc1C(=O)O. The Hall–Kier alpha value is -1.03. The number of sulfonamides is 1. The van der Waals surface area contributed by atoms with E-state index in [1.807, 2.05) is 0 Å². The van der Waals surface area contributed by atoms with Crippen LogP contribution in [0.15, 0.2) is 17.2 Å². The smallest absolute Gasteiger partial charge is 0.352 e. The molecule has 3 N–H and O–H groups in total. The third kappa shape index (κ3) is 4.82. The number of thioether (sulfide) groups is 1. The van der Waals surface area contributed by atoms with E-state index in [0.717, 1.165) is 11.8 Å². The summed E-state index contributed by atoms with van der Waals surface area (Å²) in [5.41, 5.74) is -0.0808. The van der Waals surface area contributed by atoms with Crippen LogP contribution in [0.25, 0.3) is 0 Å². The first-order valence-electron chi connectivity index (χ1n) is 5.96. The molecule has 7 nitrogen and oxygen atoms in total. The number of rotatable bonds is 9. The Morgan fingerprint density at radius 1 is 1.45 bits per heavy atom. The molecule has 0 aliphatic rings. The standard InChI is InChI=1S/C11H18N2O5S2/c1-13-8-9(7-10(13)11(15)16)20(17,18)12-3-6-19-5-2-4-14/h7-8,12,14H,2-6H2,1H3,(H,15,16). The maximum Gasteiger partial charge on any atom is 0.352 e. The first-order chi connectivity index (χ1) is 9.38. The van der Waals surface area contributed by atoms with Crippen LogP contribution in [0.4, 0.5) is 0 Å². The van der Waals surface area contributed by atoms with Crippen molar-refractivity contribution in [3.8, 4) is 0 Å². The molecule has 0 atom stereocenters. The van der Waals surface area contributed by atoms with Gasteiger partial charge in [-0.05, 0) is 18.2 Å². The Morgan fingerprint density at radius 3 is 2.70 bits per heavy atom. The van der Waals surface area contributed by atoms with Gasteiger partial charge < -0.3 is 14.8 Å². The number of hydrogen-bond donors (Lipinski definition) is 3. The van der Waals surface area contributed by atoms with Gasteiger partial charge in [0.15, 0.2) is 0 Å². The van der Waals surface area contributed by atoms with Gasteiger partial charge in [0.05, 0.1) is 0 Å². The molecule has 9 heteroatoms. The topological polar surface area (TPSA) is 109 Å². The second-order valence-corrected chi connectivity index (χ2v) is 7.06. The monoisotopic (exact) mass is 322 g/mol. The van der Waals surface area contributed by atoms with Crippen LogP contribution in [0.1, 0.15) is 16.9 Å². The lowest BCUT2D eigenvalue weighted by Crippen LogP contribution is -2.25. The zero-order chi connectivity index (χ0) is 15.2. The van der Waals surface area contributed by atoms with Crippen molar-refractivity contribution >= 4 is 27.8 Å². The van der Waals surface area contributed by atoms with E-state index in [1.165, 1.54) is 17.8 Å². The van der Waals surface area contributed by atoms with E-state index in [1.54, 1.807) is 11.8 Å². The van der Waals surface area contributed by atoms with Gasteiger partial charge in [-0.15, -0.1) is 0 Å². The van der Waals surface area contributed by atoms with Crippen LogP contribution < -0.4 is 4.72 Å². The van der Waals surface area contributed by atoms with Crippen molar-refractivity contribution in [3.63, 3.8) is 0 Å². The number of aliphatic hydroxyl groups is 1. The normalized spacial score (nSPS) is 11.7. The molecule has 1 heterocycles. The van der Waals surface area contributed by atoms with Gasteiger partial charge in [-0.3, -0.25) is 0 Å². The molecule has 1 aromatic rings. The van der Waals surface area contributed by atoms with Gasteiger partial charge in [-0.1, -0.05) is 0 Å². The molecular formula is C11H18N2O5S2. The minimum Gasteiger partial charge on any atom is -0.477 e. The van der Waals surface area contributed by atoms with Gasteiger partial charge in [-0.2, -0.15) is 11.8 Å². The van der Waals surface area contributed by atoms with Crippen LogP contribution in [0.5, 0.6) is 0 Å². The molecule has 114 valence electrons. The zero-order valence-electron chi connectivity index (χ0n) is 11.1. The predicted molar refractivity (Wildman–Crippen MR) is 76.6 cm³/mol. The molecule has 0 radical (unpaired) electrons. The van der Waals surface area contributed by atoms with Crippen LogP contribution in [0.2, 0.25) is 0 Å². The molecule has 20 heavy (non-hydrogen) atoms. The Kier molecular flexibility index (Phi) is 6.53. The van der Waals surface area contributed by atoms with Gasteiger partial charge >= 0.3 is 5.97 Å². The highest BCUT2D eigenvalue weighted by molar-refractivity contribution is 7.99. The number of aromatic carboxylic acids is 1. The Balaban J connectivity index is 2.56. The lowest BCUT2D eigenvalue weighted by atomic mass is 10.4. The highest BCUT2D eigenvalue weighted by Gasteiger charge is 2.19. The summed E-state index contributed by atoms with van der Waals surface area (Å²) in [6.45, 7) is 0.385. The number of aromatic nitrogens is 1. The number of carboxylic acid groups (broad SMARTS) is 1. The number of aliphatic hydroxyl groups excluding tert-OH is 1. The molecule has 0 amide bonds. The Bertz CT molecular complexity index is 553. The van der Waals surface area contributed by atoms with E-state index in [9.17, 15) is 13.2 Å². The molecular weight excluding hydrogens is 304 g/mol. The molecule has 0 fully saturated rings. The summed E-state index contributed by atoms with van der Waals surface area (Å²) >= 11 is 1.54. The summed E-state index contributed by atoms with van der Waals surface area (Å²) in [7, 11) is -2.21. The fraction of sp³-hybridized carbons (Fsp3) is 0.545. The predicted octanol–water partition coefficient (Wildman–Crippen LogP) is 0.117. The summed E-state index contributed by atoms with van der Waals surface area (Å²) in [6, 6.07) is 1.13. The zero-order valence-corrected chi connectivity index (χ0v) is 12.7.